The lowest BCUT2D eigenvalue weighted by atomic mass is 10.1. The summed E-state index contributed by atoms with van der Waals surface area (Å²) in [6.45, 7) is 0. The zero-order valence-corrected chi connectivity index (χ0v) is 19.7. The summed E-state index contributed by atoms with van der Waals surface area (Å²) in [4.78, 5) is 33.4. The van der Waals surface area contributed by atoms with Crippen molar-refractivity contribution in [1.29, 1.82) is 0 Å². The number of amides is 2. The van der Waals surface area contributed by atoms with E-state index in [0.29, 0.717) is 10.3 Å². The number of hydrogen-bond acceptors (Lipinski definition) is 7. The molecule has 0 atom stereocenters. The first-order chi connectivity index (χ1) is 16.1. The van der Waals surface area contributed by atoms with Crippen molar-refractivity contribution in [1.82, 2.24) is 9.97 Å². The van der Waals surface area contributed by atoms with Gasteiger partial charge in [-0.1, -0.05) is 59.9 Å². The Bertz CT molecular complexity index is 1430. The molecule has 3 aromatic carbocycles. The van der Waals surface area contributed by atoms with Crippen LogP contribution in [-0.2, 0) is 9.59 Å². The lowest BCUT2D eigenvalue weighted by Crippen LogP contribution is -2.18. The normalized spacial score (nSPS) is 11.0. The molecule has 5 aromatic rings. The number of fused-ring (bicyclic) bond motifs is 2. The predicted molar refractivity (Wildman–Crippen MR) is 139 cm³/mol. The molecule has 0 aliphatic rings. The fourth-order valence-electron chi connectivity index (χ4n) is 3.29. The number of anilines is 2. The molecule has 2 heterocycles. The summed E-state index contributed by atoms with van der Waals surface area (Å²) in [6.07, 6.45) is 0. The molecular weight excluding hydrogens is 472 g/mol. The van der Waals surface area contributed by atoms with Crippen LogP contribution in [0.2, 0.25) is 0 Å². The van der Waals surface area contributed by atoms with E-state index in [0.717, 1.165) is 26.9 Å². The van der Waals surface area contributed by atoms with Crippen LogP contribution in [0, 0.1) is 0 Å². The first-order valence-electron chi connectivity index (χ1n) is 10.1. The van der Waals surface area contributed by atoms with Crippen LogP contribution in [0.25, 0.3) is 32.2 Å². The van der Waals surface area contributed by atoms with Gasteiger partial charge in [0, 0.05) is 10.9 Å². The van der Waals surface area contributed by atoms with E-state index in [-0.39, 0.29) is 23.3 Å². The third-order valence-electron chi connectivity index (χ3n) is 4.80. The maximum atomic E-state index is 12.3. The van der Waals surface area contributed by atoms with Gasteiger partial charge in [0.1, 0.15) is 0 Å². The smallest absolute Gasteiger partial charge is 0.236 e. The number of nitrogens with zero attached hydrogens (tertiary/aromatic N) is 2. The first kappa shape index (κ1) is 21.6. The number of carbonyl (C=O) groups excluding carboxylic acids is 2. The Kier molecular flexibility index (Phi) is 6.34. The Labute approximate surface area is 202 Å². The van der Waals surface area contributed by atoms with Crippen molar-refractivity contribution in [2.75, 3.05) is 22.1 Å². The molecule has 0 saturated carbocycles. The summed E-state index contributed by atoms with van der Waals surface area (Å²) in [5, 5.41) is 11.0. The van der Waals surface area contributed by atoms with E-state index in [1.54, 1.807) is 0 Å². The topological polar surface area (TPSA) is 84.0 Å². The van der Waals surface area contributed by atoms with Gasteiger partial charge in [0.15, 0.2) is 10.3 Å². The number of thioether (sulfide) groups is 1. The first-order valence-corrected chi connectivity index (χ1v) is 13.0. The van der Waals surface area contributed by atoms with Gasteiger partial charge in [-0.15, -0.1) is 23.1 Å². The molecule has 0 unspecified atom stereocenters. The average molecular weight is 491 g/mol. The van der Waals surface area contributed by atoms with Crippen molar-refractivity contribution in [3.8, 4) is 11.3 Å². The largest absolute Gasteiger partial charge is 0.301 e. The molecular formula is C24H18N4O2S3. The minimum absolute atomic E-state index is 0.165. The van der Waals surface area contributed by atoms with E-state index < -0.39 is 0 Å². The Morgan fingerprint density at radius 2 is 1.55 bits per heavy atom. The highest BCUT2D eigenvalue weighted by Crippen LogP contribution is 2.28. The number of benzene rings is 3. The fraction of sp³-hybridized carbons (Fsp3) is 0.0833. The molecule has 2 aromatic heterocycles. The Hall–Kier alpha value is -3.27. The Balaban J connectivity index is 1.11. The van der Waals surface area contributed by atoms with E-state index >= 15 is 0 Å². The second-order valence-corrected chi connectivity index (χ2v) is 10.1. The van der Waals surface area contributed by atoms with Crippen LogP contribution in [-0.4, -0.2) is 33.3 Å². The molecule has 0 bridgehead atoms. The molecule has 164 valence electrons. The SMILES string of the molecule is O=C(CSCC(=O)Nc1nc2ccccc2s1)Nc1nc(-c2ccc3ccccc3c2)cs1. The van der Waals surface area contributed by atoms with Gasteiger partial charge in [-0.3, -0.25) is 9.59 Å². The van der Waals surface area contributed by atoms with Crippen molar-refractivity contribution in [2.24, 2.45) is 0 Å². The van der Waals surface area contributed by atoms with Crippen LogP contribution in [0.5, 0.6) is 0 Å². The molecule has 6 nitrogen and oxygen atoms in total. The van der Waals surface area contributed by atoms with Gasteiger partial charge in [0.2, 0.25) is 11.8 Å². The van der Waals surface area contributed by atoms with Crippen LogP contribution in [0.3, 0.4) is 0 Å². The molecule has 0 aliphatic carbocycles. The molecule has 33 heavy (non-hydrogen) atoms. The van der Waals surface area contributed by atoms with E-state index in [1.165, 1.54) is 39.8 Å². The van der Waals surface area contributed by atoms with Crippen LogP contribution in [0.15, 0.2) is 72.1 Å². The number of para-hydroxylation sites is 1. The average Bonchev–Trinajstić information content (AvgIpc) is 3.45. The maximum absolute atomic E-state index is 12.3. The minimum atomic E-state index is -0.188. The standard InChI is InChI=1S/C24H18N4O2S3/c29-21(13-31-14-22(30)28-24-25-18-7-3-4-8-20(18)33-24)27-23-26-19(12-32-23)17-10-9-15-5-1-2-6-16(15)11-17/h1-12H,13-14H2,(H,25,28,30)(H,26,27,29). The number of carbonyl (C=O) groups is 2. The number of nitrogens with one attached hydrogen (secondary N) is 2. The number of aromatic nitrogens is 2. The highest BCUT2D eigenvalue weighted by molar-refractivity contribution is 8.00. The summed E-state index contributed by atoms with van der Waals surface area (Å²) < 4.78 is 1.02. The van der Waals surface area contributed by atoms with Gasteiger partial charge in [-0.2, -0.15) is 0 Å². The van der Waals surface area contributed by atoms with Crippen LogP contribution < -0.4 is 10.6 Å². The summed E-state index contributed by atoms with van der Waals surface area (Å²) in [5.74, 6) is -0.0336. The second-order valence-electron chi connectivity index (χ2n) is 7.18. The van der Waals surface area contributed by atoms with Gasteiger partial charge in [-0.05, 0) is 29.0 Å². The van der Waals surface area contributed by atoms with E-state index in [2.05, 4.69) is 44.9 Å². The van der Waals surface area contributed by atoms with E-state index in [4.69, 9.17) is 0 Å². The van der Waals surface area contributed by atoms with Gasteiger partial charge in [0.25, 0.3) is 0 Å². The van der Waals surface area contributed by atoms with Crippen molar-refractivity contribution >= 4 is 77.5 Å². The van der Waals surface area contributed by atoms with Crippen LogP contribution in [0.1, 0.15) is 0 Å². The molecule has 0 spiro atoms. The van der Waals surface area contributed by atoms with Crippen LogP contribution >= 0.6 is 34.4 Å². The summed E-state index contributed by atoms with van der Waals surface area (Å²) in [6, 6.07) is 22.1. The van der Waals surface area contributed by atoms with Crippen molar-refractivity contribution in [3.63, 3.8) is 0 Å². The van der Waals surface area contributed by atoms with Gasteiger partial charge >= 0.3 is 0 Å². The van der Waals surface area contributed by atoms with Gasteiger partial charge in [-0.25, -0.2) is 9.97 Å². The van der Waals surface area contributed by atoms with Crippen LogP contribution in [0.4, 0.5) is 10.3 Å². The van der Waals surface area contributed by atoms with Gasteiger partial charge in [0.05, 0.1) is 27.4 Å². The second kappa shape index (κ2) is 9.70. The lowest BCUT2D eigenvalue weighted by Gasteiger charge is -2.03. The zero-order chi connectivity index (χ0) is 22.6. The fourth-order valence-corrected chi connectivity index (χ4v) is 5.52. The van der Waals surface area contributed by atoms with E-state index in [1.807, 2.05) is 47.8 Å². The molecule has 2 amide bonds. The van der Waals surface area contributed by atoms with Crippen molar-refractivity contribution in [3.05, 3.63) is 72.1 Å². The third kappa shape index (κ3) is 5.22. The zero-order valence-electron chi connectivity index (χ0n) is 17.3. The quantitative estimate of drug-likeness (QED) is 0.297. The molecule has 0 aliphatic heterocycles. The molecule has 0 radical (unpaired) electrons. The number of thiazole rings is 2. The summed E-state index contributed by atoms with van der Waals surface area (Å²) in [7, 11) is 0. The predicted octanol–water partition coefficient (Wildman–Crippen LogP) is 5.88. The van der Waals surface area contributed by atoms with E-state index in [9.17, 15) is 9.59 Å². The molecule has 5 rings (SSSR count). The summed E-state index contributed by atoms with van der Waals surface area (Å²) >= 11 is 4.06. The highest BCUT2D eigenvalue weighted by Gasteiger charge is 2.11. The minimum Gasteiger partial charge on any atom is -0.301 e. The third-order valence-corrected chi connectivity index (χ3v) is 7.44. The summed E-state index contributed by atoms with van der Waals surface area (Å²) in [5.41, 5.74) is 2.69. The Morgan fingerprint density at radius 1 is 0.818 bits per heavy atom. The lowest BCUT2D eigenvalue weighted by molar-refractivity contribution is -0.114. The van der Waals surface area contributed by atoms with Crippen molar-refractivity contribution in [2.45, 2.75) is 0 Å². The number of rotatable bonds is 7. The highest BCUT2D eigenvalue weighted by atomic mass is 32.2. The molecule has 2 N–H and O–H groups in total. The Morgan fingerprint density at radius 3 is 2.36 bits per heavy atom. The maximum Gasteiger partial charge on any atom is 0.236 e. The molecule has 0 fully saturated rings. The molecule has 0 saturated heterocycles. The van der Waals surface area contributed by atoms with Crippen molar-refractivity contribution < 1.29 is 9.59 Å². The van der Waals surface area contributed by atoms with Gasteiger partial charge < -0.3 is 10.6 Å². The number of hydrogen-bond donors (Lipinski definition) is 2. The monoisotopic (exact) mass is 490 g/mol. The molecule has 9 heteroatoms.